The summed E-state index contributed by atoms with van der Waals surface area (Å²) in [6, 6.07) is 9.10. The predicted octanol–water partition coefficient (Wildman–Crippen LogP) is 4.65. The molecule has 0 unspecified atom stereocenters. The average molecular weight is 287 g/mol. The Morgan fingerprint density at radius 3 is 2.43 bits per heavy atom. The minimum Gasteiger partial charge on any atom is -0.453 e. The molecular weight excluding hydrogens is 265 g/mol. The highest BCUT2D eigenvalue weighted by Crippen LogP contribution is 2.34. The van der Waals surface area contributed by atoms with E-state index in [2.05, 4.69) is 11.4 Å². The van der Waals surface area contributed by atoms with Crippen LogP contribution in [0.5, 0.6) is 11.5 Å². The van der Waals surface area contributed by atoms with Crippen LogP contribution in [-0.2, 0) is 6.54 Å². The minimum absolute atomic E-state index is 0.315. The van der Waals surface area contributed by atoms with E-state index in [4.69, 9.17) is 4.74 Å². The van der Waals surface area contributed by atoms with Gasteiger partial charge < -0.3 is 10.1 Å². The van der Waals surface area contributed by atoms with Crippen molar-refractivity contribution >= 4 is 0 Å². The highest BCUT2D eigenvalue weighted by Gasteiger charge is 2.14. The van der Waals surface area contributed by atoms with Crippen LogP contribution in [0.15, 0.2) is 30.3 Å². The van der Waals surface area contributed by atoms with Crippen molar-refractivity contribution in [3.63, 3.8) is 0 Å². The third-order valence-corrected chi connectivity index (χ3v) is 3.69. The maximum Gasteiger partial charge on any atom is 0.167 e. The molecule has 0 amide bonds. The zero-order chi connectivity index (χ0) is 15.4. The van der Waals surface area contributed by atoms with Gasteiger partial charge in [-0.2, -0.15) is 0 Å². The molecule has 0 aliphatic carbocycles. The van der Waals surface area contributed by atoms with E-state index < -0.39 is 0 Å². The van der Waals surface area contributed by atoms with Crippen LogP contribution in [0, 0.1) is 26.6 Å². The quantitative estimate of drug-likeness (QED) is 0.864. The summed E-state index contributed by atoms with van der Waals surface area (Å²) in [5.41, 5.74) is 4.03. The van der Waals surface area contributed by atoms with Crippen LogP contribution in [0.1, 0.15) is 29.2 Å². The van der Waals surface area contributed by atoms with Crippen molar-refractivity contribution in [3.05, 3.63) is 58.4 Å². The predicted molar refractivity (Wildman–Crippen MR) is 84.5 cm³/mol. The molecule has 2 aromatic carbocycles. The van der Waals surface area contributed by atoms with Crippen molar-refractivity contribution in [1.82, 2.24) is 5.32 Å². The average Bonchev–Trinajstić information content (AvgIpc) is 2.47. The molecule has 2 aromatic rings. The smallest absolute Gasteiger partial charge is 0.167 e. The number of halogens is 1. The Balaban J connectivity index is 2.42. The molecular formula is C18H22FNO. The Morgan fingerprint density at radius 1 is 1.00 bits per heavy atom. The monoisotopic (exact) mass is 287 g/mol. The van der Waals surface area contributed by atoms with Gasteiger partial charge in [-0.15, -0.1) is 0 Å². The number of nitrogens with one attached hydrogen (secondary N) is 1. The summed E-state index contributed by atoms with van der Waals surface area (Å²) >= 11 is 0. The molecule has 0 radical (unpaired) electrons. The first kappa shape index (κ1) is 15.5. The Kier molecular flexibility index (Phi) is 4.97. The first-order chi connectivity index (χ1) is 10.0. The molecule has 0 saturated heterocycles. The first-order valence-electron chi connectivity index (χ1n) is 7.27. The van der Waals surface area contributed by atoms with Gasteiger partial charge in [0.15, 0.2) is 11.6 Å². The van der Waals surface area contributed by atoms with E-state index in [0.717, 1.165) is 34.5 Å². The number of ether oxygens (including phenoxy) is 1. The van der Waals surface area contributed by atoms with Gasteiger partial charge in [-0.05, 0) is 50.1 Å². The van der Waals surface area contributed by atoms with Crippen LogP contribution >= 0.6 is 0 Å². The lowest BCUT2D eigenvalue weighted by atomic mass is 10.1. The number of hydrogen-bond donors (Lipinski definition) is 1. The van der Waals surface area contributed by atoms with Crippen molar-refractivity contribution < 1.29 is 9.13 Å². The number of rotatable bonds is 5. The molecule has 2 nitrogen and oxygen atoms in total. The second-order valence-electron chi connectivity index (χ2n) is 5.26. The van der Waals surface area contributed by atoms with Gasteiger partial charge in [0.05, 0.1) is 0 Å². The van der Waals surface area contributed by atoms with Crippen LogP contribution in [0.2, 0.25) is 0 Å². The van der Waals surface area contributed by atoms with Crippen molar-refractivity contribution in [3.8, 4) is 11.5 Å². The van der Waals surface area contributed by atoms with Crippen LogP contribution in [-0.4, -0.2) is 6.54 Å². The Hall–Kier alpha value is -1.87. The summed E-state index contributed by atoms with van der Waals surface area (Å²) < 4.78 is 20.1. The van der Waals surface area contributed by atoms with E-state index in [1.54, 1.807) is 6.07 Å². The van der Waals surface area contributed by atoms with Crippen LogP contribution in [0.3, 0.4) is 0 Å². The van der Waals surface area contributed by atoms with E-state index in [1.165, 1.54) is 6.07 Å². The maximum atomic E-state index is 14.2. The largest absolute Gasteiger partial charge is 0.453 e. The highest BCUT2D eigenvalue weighted by atomic mass is 19.1. The summed E-state index contributed by atoms with van der Waals surface area (Å²) in [6.07, 6.45) is 0. The van der Waals surface area contributed by atoms with Crippen LogP contribution in [0.25, 0.3) is 0 Å². The summed E-state index contributed by atoms with van der Waals surface area (Å²) in [5.74, 6) is 0.735. The minimum atomic E-state index is -0.328. The number of para-hydroxylation sites is 1. The molecule has 112 valence electrons. The Morgan fingerprint density at radius 2 is 1.71 bits per heavy atom. The SMILES string of the molecule is CCNCc1cccc(F)c1Oc1c(C)ccc(C)c1C. The van der Waals surface area contributed by atoms with Gasteiger partial charge in [0.2, 0.25) is 0 Å². The number of aryl methyl sites for hydroxylation is 2. The summed E-state index contributed by atoms with van der Waals surface area (Å²) in [5, 5.41) is 3.21. The van der Waals surface area contributed by atoms with Gasteiger partial charge in [0, 0.05) is 12.1 Å². The molecule has 0 atom stereocenters. The molecule has 0 heterocycles. The van der Waals surface area contributed by atoms with Gasteiger partial charge in [0.25, 0.3) is 0 Å². The maximum absolute atomic E-state index is 14.2. The van der Waals surface area contributed by atoms with Crippen molar-refractivity contribution in [2.24, 2.45) is 0 Å². The molecule has 0 spiro atoms. The van der Waals surface area contributed by atoms with E-state index >= 15 is 0 Å². The summed E-state index contributed by atoms with van der Waals surface area (Å²) in [6.45, 7) is 9.46. The molecule has 0 bridgehead atoms. The molecule has 0 saturated carbocycles. The Labute approximate surface area is 126 Å². The number of benzene rings is 2. The molecule has 0 aliphatic rings. The number of hydrogen-bond acceptors (Lipinski definition) is 2. The van der Waals surface area contributed by atoms with Gasteiger partial charge in [-0.3, -0.25) is 0 Å². The van der Waals surface area contributed by atoms with Gasteiger partial charge in [-0.1, -0.05) is 31.2 Å². The summed E-state index contributed by atoms with van der Waals surface area (Å²) in [7, 11) is 0. The zero-order valence-corrected chi connectivity index (χ0v) is 13.1. The summed E-state index contributed by atoms with van der Waals surface area (Å²) in [4.78, 5) is 0. The van der Waals surface area contributed by atoms with Gasteiger partial charge in [-0.25, -0.2) is 4.39 Å². The van der Waals surface area contributed by atoms with Gasteiger partial charge >= 0.3 is 0 Å². The van der Waals surface area contributed by atoms with E-state index in [0.29, 0.717) is 12.3 Å². The first-order valence-corrected chi connectivity index (χ1v) is 7.27. The lowest BCUT2D eigenvalue weighted by Gasteiger charge is -2.17. The fourth-order valence-corrected chi connectivity index (χ4v) is 2.25. The van der Waals surface area contributed by atoms with Crippen LogP contribution in [0.4, 0.5) is 4.39 Å². The second-order valence-corrected chi connectivity index (χ2v) is 5.26. The van der Waals surface area contributed by atoms with Gasteiger partial charge in [0.1, 0.15) is 5.75 Å². The third-order valence-electron chi connectivity index (χ3n) is 3.69. The van der Waals surface area contributed by atoms with E-state index in [-0.39, 0.29) is 5.82 Å². The van der Waals surface area contributed by atoms with Crippen molar-refractivity contribution in [1.29, 1.82) is 0 Å². The third kappa shape index (κ3) is 3.42. The molecule has 0 fully saturated rings. The standard InChI is InChI=1S/C18H22FNO/c1-5-20-11-15-7-6-8-16(19)18(15)21-17-13(3)10-9-12(2)14(17)4/h6-10,20H,5,11H2,1-4H3. The van der Waals surface area contributed by atoms with E-state index in [1.807, 2.05) is 39.8 Å². The van der Waals surface area contributed by atoms with E-state index in [9.17, 15) is 4.39 Å². The fourth-order valence-electron chi connectivity index (χ4n) is 2.25. The molecule has 0 aliphatic heterocycles. The molecule has 21 heavy (non-hydrogen) atoms. The topological polar surface area (TPSA) is 21.3 Å². The molecule has 3 heteroatoms. The van der Waals surface area contributed by atoms with Crippen LogP contribution < -0.4 is 10.1 Å². The molecule has 0 aromatic heterocycles. The van der Waals surface area contributed by atoms with Crippen molar-refractivity contribution in [2.45, 2.75) is 34.2 Å². The Bertz CT molecular complexity index is 637. The zero-order valence-electron chi connectivity index (χ0n) is 13.1. The van der Waals surface area contributed by atoms with Crippen molar-refractivity contribution in [2.75, 3.05) is 6.54 Å². The lowest BCUT2D eigenvalue weighted by molar-refractivity contribution is 0.428. The molecule has 1 N–H and O–H groups in total. The fraction of sp³-hybridized carbons (Fsp3) is 0.333. The normalized spacial score (nSPS) is 10.7. The highest BCUT2D eigenvalue weighted by molar-refractivity contribution is 5.48. The molecule has 2 rings (SSSR count). The lowest BCUT2D eigenvalue weighted by Crippen LogP contribution is -2.13. The second kappa shape index (κ2) is 6.72.